The van der Waals surface area contributed by atoms with Gasteiger partial charge in [-0.3, -0.25) is 0 Å². The van der Waals surface area contributed by atoms with Crippen LogP contribution in [-0.4, -0.2) is 43.0 Å². The molecule has 10 heteroatoms. The molecule has 1 aliphatic carbocycles. The van der Waals surface area contributed by atoms with Crippen molar-refractivity contribution in [2.24, 2.45) is 5.92 Å². The molecule has 1 aliphatic rings. The van der Waals surface area contributed by atoms with Crippen molar-refractivity contribution in [3.8, 4) is 6.07 Å². The number of hydrogen-bond acceptors (Lipinski definition) is 7. The van der Waals surface area contributed by atoms with Crippen LogP contribution in [0, 0.1) is 23.1 Å². The molecule has 1 saturated carbocycles. The van der Waals surface area contributed by atoms with Crippen LogP contribution >= 0.6 is 22.9 Å². The summed E-state index contributed by atoms with van der Waals surface area (Å²) in [5.74, 6) is 0.116. The van der Waals surface area contributed by atoms with E-state index in [4.69, 9.17) is 16.9 Å². The van der Waals surface area contributed by atoms with Crippen molar-refractivity contribution in [2.45, 2.75) is 44.6 Å². The maximum atomic E-state index is 14.1. The maximum absolute atomic E-state index is 14.1. The number of hydrogen-bond donors (Lipinski definition) is 0. The van der Waals surface area contributed by atoms with Gasteiger partial charge in [-0.15, -0.1) is 0 Å². The number of halogens is 2. The Morgan fingerprint density at radius 1 is 1.39 bits per heavy atom. The molecule has 1 fully saturated rings. The van der Waals surface area contributed by atoms with Crippen molar-refractivity contribution in [1.29, 1.82) is 5.26 Å². The molecule has 0 N–H and O–H groups in total. The number of fused-ring (bicyclic) bond motifs is 1. The SMILES string of the molecule is CS(=O)(=O)CCC1CCC(N(CCC#N)c2nc3c(F)cnc(Cl)c3s2)CC1. The lowest BCUT2D eigenvalue weighted by atomic mass is 9.84. The summed E-state index contributed by atoms with van der Waals surface area (Å²) in [5.41, 5.74) is 0.212. The zero-order valence-electron chi connectivity index (χ0n) is 15.6. The Balaban J connectivity index is 1.76. The molecule has 0 saturated heterocycles. The van der Waals surface area contributed by atoms with Gasteiger partial charge in [0.2, 0.25) is 0 Å². The van der Waals surface area contributed by atoms with Gasteiger partial charge in [-0.05, 0) is 38.0 Å². The molecule has 152 valence electrons. The highest BCUT2D eigenvalue weighted by atomic mass is 35.5. The van der Waals surface area contributed by atoms with Crippen molar-refractivity contribution in [3.63, 3.8) is 0 Å². The van der Waals surface area contributed by atoms with Crippen LogP contribution in [0.5, 0.6) is 0 Å². The summed E-state index contributed by atoms with van der Waals surface area (Å²) in [5, 5.41) is 9.91. The Bertz CT molecular complexity index is 942. The summed E-state index contributed by atoms with van der Waals surface area (Å²) in [6, 6.07) is 2.36. The third-order valence-electron chi connectivity index (χ3n) is 5.18. The number of sulfone groups is 1. The van der Waals surface area contributed by atoms with Gasteiger partial charge in [-0.2, -0.15) is 5.26 Å². The lowest BCUT2D eigenvalue weighted by molar-refractivity contribution is 0.309. The normalized spacial score (nSPS) is 20.2. The first-order chi connectivity index (χ1) is 13.3. The largest absolute Gasteiger partial charge is 0.344 e. The number of thiazole rings is 1. The van der Waals surface area contributed by atoms with Crippen LogP contribution in [0.3, 0.4) is 0 Å². The lowest BCUT2D eigenvalue weighted by Gasteiger charge is -2.36. The second kappa shape index (κ2) is 8.89. The highest BCUT2D eigenvalue weighted by Gasteiger charge is 2.28. The first kappa shape index (κ1) is 21.2. The van der Waals surface area contributed by atoms with Gasteiger partial charge in [0.15, 0.2) is 10.9 Å². The Morgan fingerprint density at radius 3 is 2.71 bits per heavy atom. The molecule has 0 amide bonds. The van der Waals surface area contributed by atoms with Gasteiger partial charge >= 0.3 is 0 Å². The average Bonchev–Trinajstić information content (AvgIpc) is 3.10. The van der Waals surface area contributed by atoms with Crippen LogP contribution in [-0.2, 0) is 9.84 Å². The van der Waals surface area contributed by atoms with Crippen molar-refractivity contribution in [1.82, 2.24) is 9.97 Å². The van der Waals surface area contributed by atoms with E-state index >= 15 is 0 Å². The number of aromatic nitrogens is 2. The van der Waals surface area contributed by atoms with Gasteiger partial charge in [0.25, 0.3) is 0 Å². The molecule has 0 spiro atoms. The second-order valence-electron chi connectivity index (χ2n) is 7.27. The van der Waals surface area contributed by atoms with E-state index in [1.807, 2.05) is 0 Å². The first-order valence-electron chi connectivity index (χ1n) is 9.20. The molecule has 0 unspecified atom stereocenters. The number of pyridine rings is 1. The van der Waals surface area contributed by atoms with E-state index in [0.29, 0.717) is 35.1 Å². The van der Waals surface area contributed by atoms with Gasteiger partial charge in [0.1, 0.15) is 20.5 Å². The van der Waals surface area contributed by atoms with Gasteiger partial charge in [-0.25, -0.2) is 22.8 Å². The third-order valence-corrected chi connectivity index (χ3v) is 7.66. The van der Waals surface area contributed by atoms with Crippen LogP contribution in [0.25, 0.3) is 10.2 Å². The number of nitrogens with zero attached hydrogens (tertiary/aromatic N) is 4. The molecule has 6 nitrogen and oxygen atoms in total. The number of anilines is 1. The molecular weight excluding hydrogens is 423 g/mol. The zero-order valence-corrected chi connectivity index (χ0v) is 18.0. The molecule has 2 heterocycles. The monoisotopic (exact) mass is 444 g/mol. The summed E-state index contributed by atoms with van der Waals surface area (Å²) in [6.45, 7) is 0.516. The fourth-order valence-electron chi connectivity index (χ4n) is 3.70. The van der Waals surface area contributed by atoms with E-state index < -0.39 is 15.7 Å². The van der Waals surface area contributed by atoms with E-state index in [-0.39, 0.29) is 22.5 Å². The summed E-state index contributed by atoms with van der Waals surface area (Å²) in [6.07, 6.45) is 7.04. The first-order valence-corrected chi connectivity index (χ1v) is 12.5. The molecule has 2 aromatic heterocycles. The van der Waals surface area contributed by atoms with Gasteiger partial charge < -0.3 is 4.90 Å². The molecule has 0 aliphatic heterocycles. The van der Waals surface area contributed by atoms with Crippen molar-refractivity contribution < 1.29 is 12.8 Å². The van der Waals surface area contributed by atoms with E-state index in [9.17, 15) is 12.8 Å². The molecule has 0 aromatic carbocycles. The van der Waals surface area contributed by atoms with Gasteiger partial charge in [-0.1, -0.05) is 22.9 Å². The van der Waals surface area contributed by atoms with Crippen LogP contribution < -0.4 is 4.90 Å². The van der Waals surface area contributed by atoms with Crippen LogP contribution in [0.15, 0.2) is 6.20 Å². The third kappa shape index (κ3) is 5.10. The highest BCUT2D eigenvalue weighted by molar-refractivity contribution is 7.90. The number of rotatable bonds is 7. The molecular formula is C18H22ClFN4O2S2. The van der Waals surface area contributed by atoms with E-state index in [0.717, 1.165) is 31.9 Å². The zero-order chi connectivity index (χ0) is 20.3. The summed E-state index contributed by atoms with van der Waals surface area (Å²) in [4.78, 5) is 10.4. The molecule has 0 radical (unpaired) electrons. The van der Waals surface area contributed by atoms with E-state index in [1.54, 1.807) is 0 Å². The molecule has 28 heavy (non-hydrogen) atoms. The Labute approximate surface area is 173 Å². The Hall–Kier alpha value is -1.50. The minimum Gasteiger partial charge on any atom is -0.344 e. The Kier molecular flexibility index (Phi) is 6.73. The number of nitriles is 1. The minimum absolute atomic E-state index is 0.193. The highest BCUT2D eigenvalue weighted by Crippen LogP contribution is 2.38. The predicted molar refractivity (Wildman–Crippen MR) is 110 cm³/mol. The standard InChI is InChI=1S/C18H22ClFN4O2S2/c1-28(25,26)10-7-12-3-5-13(6-4-12)24(9-2-8-21)18-23-15-14(20)11-22-17(19)16(15)27-18/h11-13H,2-7,9-10H2,1H3. The van der Waals surface area contributed by atoms with Crippen LogP contribution in [0.1, 0.15) is 38.5 Å². The van der Waals surface area contributed by atoms with Gasteiger partial charge in [0, 0.05) is 18.8 Å². The smallest absolute Gasteiger partial charge is 0.186 e. The molecule has 3 rings (SSSR count). The van der Waals surface area contributed by atoms with E-state index in [1.165, 1.54) is 17.6 Å². The predicted octanol–water partition coefficient (Wildman–Crippen LogP) is 4.20. The van der Waals surface area contributed by atoms with Crippen molar-refractivity contribution in [3.05, 3.63) is 17.2 Å². The minimum atomic E-state index is -2.94. The van der Waals surface area contributed by atoms with Crippen LogP contribution in [0.2, 0.25) is 5.15 Å². The summed E-state index contributed by atoms with van der Waals surface area (Å²) in [7, 11) is -2.94. The fraction of sp³-hybridized carbons (Fsp3) is 0.611. The van der Waals surface area contributed by atoms with Crippen molar-refractivity contribution in [2.75, 3.05) is 23.5 Å². The van der Waals surface area contributed by atoms with Crippen molar-refractivity contribution >= 4 is 48.1 Å². The summed E-state index contributed by atoms with van der Waals surface area (Å²) >= 11 is 7.40. The Morgan fingerprint density at radius 2 is 2.11 bits per heavy atom. The maximum Gasteiger partial charge on any atom is 0.186 e. The second-order valence-corrected chi connectivity index (χ2v) is 10.9. The summed E-state index contributed by atoms with van der Waals surface area (Å²) < 4.78 is 37.4. The molecule has 0 atom stereocenters. The molecule has 0 bridgehead atoms. The lowest BCUT2D eigenvalue weighted by Crippen LogP contribution is -2.39. The topological polar surface area (TPSA) is 87.0 Å². The van der Waals surface area contributed by atoms with Gasteiger partial charge in [0.05, 0.1) is 29.1 Å². The molecule has 2 aromatic rings. The van der Waals surface area contributed by atoms with E-state index in [2.05, 4.69) is 20.9 Å². The average molecular weight is 445 g/mol. The van der Waals surface area contributed by atoms with Crippen LogP contribution in [0.4, 0.5) is 9.52 Å². The fourth-order valence-corrected chi connectivity index (χ4v) is 5.77. The quantitative estimate of drug-likeness (QED) is 0.595.